The number of carbonyl (C=O) groups is 2. The average Bonchev–Trinajstić information content (AvgIpc) is 1.99. The van der Waals surface area contributed by atoms with Crippen LogP contribution in [0.15, 0.2) is 12.7 Å². The summed E-state index contributed by atoms with van der Waals surface area (Å²) in [7, 11) is 0. The summed E-state index contributed by atoms with van der Waals surface area (Å²) in [5.74, 6) is -1.72. The second kappa shape index (κ2) is 4.45. The molecule has 5 heteroatoms. The number of amides is 1. The number of carbonyl (C=O) groups excluding carboxylic acids is 1. The van der Waals surface area contributed by atoms with E-state index >= 15 is 0 Å². The lowest BCUT2D eigenvalue weighted by Gasteiger charge is -2.06. The van der Waals surface area contributed by atoms with Crippen LogP contribution in [-0.4, -0.2) is 23.1 Å². The summed E-state index contributed by atoms with van der Waals surface area (Å²) in [6.07, 6.45) is -0.0758. The lowest BCUT2D eigenvalue weighted by atomic mass is 10.4. The lowest BCUT2D eigenvalue weighted by molar-refractivity contribution is -0.157. The van der Waals surface area contributed by atoms with Gasteiger partial charge in [0.1, 0.15) is 0 Å². The van der Waals surface area contributed by atoms with E-state index in [-0.39, 0.29) is 0 Å². The van der Waals surface area contributed by atoms with Crippen LogP contribution >= 0.6 is 0 Å². The summed E-state index contributed by atoms with van der Waals surface area (Å²) < 4.78 is 0. The Kier molecular flexibility index (Phi) is 3.90. The fourth-order valence-corrected chi connectivity index (χ4v) is 0.239. The third-order valence-electron chi connectivity index (χ3n) is 0.869. The van der Waals surface area contributed by atoms with E-state index in [0.717, 1.165) is 6.08 Å². The van der Waals surface area contributed by atoms with Crippen molar-refractivity contribution in [2.24, 2.45) is 0 Å². The maximum absolute atomic E-state index is 10.4. The molecule has 0 aromatic rings. The van der Waals surface area contributed by atoms with Crippen molar-refractivity contribution in [1.29, 1.82) is 0 Å². The van der Waals surface area contributed by atoms with E-state index in [1.165, 1.54) is 6.92 Å². The third kappa shape index (κ3) is 4.10. The topological polar surface area (TPSA) is 75.6 Å². The van der Waals surface area contributed by atoms with Gasteiger partial charge in [-0.3, -0.25) is 9.63 Å². The maximum Gasteiger partial charge on any atom is 0.335 e. The van der Waals surface area contributed by atoms with Crippen molar-refractivity contribution in [3.05, 3.63) is 12.7 Å². The van der Waals surface area contributed by atoms with Gasteiger partial charge in [-0.15, -0.1) is 0 Å². The van der Waals surface area contributed by atoms with Gasteiger partial charge in [-0.25, -0.2) is 10.3 Å². The van der Waals surface area contributed by atoms with Crippen molar-refractivity contribution in [1.82, 2.24) is 5.48 Å². The van der Waals surface area contributed by atoms with Gasteiger partial charge in [0, 0.05) is 0 Å². The number of aliphatic carboxylic acids is 1. The Morgan fingerprint density at radius 1 is 1.73 bits per heavy atom. The minimum Gasteiger partial charge on any atom is -0.479 e. The molecule has 0 aliphatic heterocycles. The zero-order chi connectivity index (χ0) is 8.85. The van der Waals surface area contributed by atoms with Crippen molar-refractivity contribution >= 4 is 11.9 Å². The molecule has 0 aliphatic carbocycles. The average molecular weight is 159 g/mol. The Bertz CT molecular complexity index is 177. The van der Waals surface area contributed by atoms with Crippen molar-refractivity contribution < 1.29 is 19.5 Å². The lowest BCUT2D eigenvalue weighted by Crippen LogP contribution is -2.31. The molecule has 5 nitrogen and oxygen atoms in total. The minimum absolute atomic E-state index is 0.571. The third-order valence-corrected chi connectivity index (χ3v) is 0.869. The first-order chi connectivity index (χ1) is 5.07. The van der Waals surface area contributed by atoms with Crippen LogP contribution in [0.25, 0.3) is 0 Å². The molecule has 0 heterocycles. The Morgan fingerprint density at radius 3 is 2.64 bits per heavy atom. The van der Waals surface area contributed by atoms with Crippen molar-refractivity contribution in [3.63, 3.8) is 0 Å². The molecule has 62 valence electrons. The van der Waals surface area contributed by atoms with E-state index in [9.17, 15) is 9.59 Å². The minimum atomic E-state index is -1.14. The van der Waals surface area contributed by atoms with Crippen molar-refractivity contribution in [3.8, 4) is 0 Å². The maximum atomic E-state index is 10.4. The molecule has 2 N–H and O–H groups in total. The predicted molar refractivity (Wildman–Crippen MR) is 36.5 cm³/mol. The highest BCUT2D eigenvalue weighted by molar-refractivity contribution is 5.86. The summed E-state index contributed by atoms with van der Waals surface area (Å²) >= 11 is 0. The first-order valence-corrected chi connectivity index (χ1v) is 2.88. The van der Waals surface area contributed by atoms with Crippen LogP contribution in [0, 0.1) is 0 Å². The number of hydroxylamine groups is 1. The molecule has 0 saturated carbocycles. The quantitative estimate of drug-likeness (QED) is 0.436. The Labute approximate surface area is 63.6 Å². The second-order valence-corrected chi connectivity index (χ2v) is 1.77. The zero-order valence-corrected chi connectivity index (χ0v) is 6.03. The van der Waals surface area contributed by atoms with Crippen LogP contribution in [0.4, 0.5) is 0 Å². The van der Waals surface area contributed by atoms with Gasteiger partial charge in [-0.2, -0.15) is 0 Å². The molecule has 0 aliphatic rings. The molecule has 0 fully saturated rings. The summed E-state index contributed by atoms with van der Waals surface area (Å²) in [5.41, 5.74) is 1.88. The fourth-order valence-electron chi connectivity index (χ4n) is 0.239. The highest BCUT2D eigenvalue weighted by atomic mass is 16.7. The van der Waals surface area contributed by atoms with E-state index in [1.54, 1.807) is 0 Å². The van der Waals surface area contributed by atoms with Crippen LogP contribution in [0.3, 0.4) is 0 Å². The van der Waals surface area contributed by atoms with E-state index in [0.29, 0.717) is 0 Å². The summed E-state index contributed by atoms with van der Waals surface area (Å²) in [6.45, 7) is 4.44. The molecule has 0 rings (SSSR count). The van der Waals surface area contributed by atoms with Crippen LogP contribution in [0.5, 0.6) is 0 Å². The normalized spacial score (nSPS) is 11.7. The van der Waals surface area contributed by atoms with Gasteiger partial charge in [-0.05, 0) is 13.0 Å². The molecule has 0 saturated heterocycles. The van der Waals surface area contributed by atoms with Crippen LogP contribution in [0.2, 0.25) is 0 Å². The van der Waals surface area contributed by atoms with Crippen LogP contribution in [0.1, 0.15) is 6.92 Å². The van der Waals surface area contributed by atoms with Crippen molar-refractivity contribution in [2.45, 2.75) is 13.0 Å². The van der Waals surface area contributed by atoms with E-state index in [1.807, 2.05) is 5.48 Å². The first kappa shape index (κ1) is 9.64. The van der Waals surface area contributed by atoms with E-state index in [2.05, 4.69) is 11.4 Å². The monoisotopic (exact) mass is 159 g/mol. The molecular formula is C6H9NO4. The number of rotatable bonds is 4. The van der Waals surface area contributed by atoms with Gasteiger partial charge in [0.05, 0.1) is 0 Å². The van der Waals surface area contributed by atoms with Gasteiger partial charge >= 0.3 is 5.97 Å². The van der Waals surface area contributed by atoms with Gasteiger partial charge in [-0.1, -0.05) is 6.58 Å². The van der Waals surface area contributed by atoms with Gasteiger partial charge in [0.15, 0.2) is 6.10 Å². The summed E-state index contributed by atoms with van der Waals surface area (Å²) in [4.78, 5) is 24.9. The highest BCUT2D eigenvalue weighted by Crippen LogP contribution is 1.85. The fraction of sp³-hybridized carbons (Fsp3) is 0.333. The standard InChI is InChI=1S/C6H9NO4/c1-3-5(8)7-11-4(2)6(9)10/h3-4H,1H2,2H3,(H,7,8)(H,9,10). The molecule has 11 heavy (non-hydrogen) atoms. The Morgan fingerprint density at radius 2 is 2.27 bits per heavy atom. The number of carboxylic acids is 1. The largest absolute Gasteiger partial charge is 0.479 e. The van der Waals surface area contributed by atoms with Crippen LogP contribution in [-0.2, 0) is 14.4 Å². The molecule has 1 amide bonds. The van der Waals surface area contributed by atoms with Gasteiger partial charge in [0.25, 0.3) is 5.91 Å². The smallest absolute Gasteiger partial charge is 0.335 e. The molecule has 0 bridgehead atoms. The van der Waals surface area contributed by atoms with E-state index < -0.39 is 18.0 Å². The number of carboxylic acid groups (broad SMARTS) is 1. The number of nitrogens with one attached hydrogen (secondary N) is 1. The number of hydrogen-bond donors (Lipinski definition) is 2. The van der Waals surface area contributed by atoms with E-state index in [4.69, 9.17) is 5.11 Å². The molecule has 1 unspecified atom stereocenters. The Hall–Kier alpha value is -1.36. The molecule has 0 aromatic heterocycles. The predicted octanol–water partition coefficient (Wildman–Crippen LogP) is -0.307. The zero-order valence-electron chi connectivity index (χ0n) is 6.03. The Balaban J connectivity index is 3.62. The molecule has 0 radical (unpaired) electrons. The molecule has 1 atom stereocenters. The summed E-state index contributed by atoms with van der Waals surface area (Å²) in [5, 5.41) is 8.27. The SMILES string of the molecule is C=CC(=O)NOC(C)C(=O)O. The highest BCUT2D eigenvalue weighted by Gasteiger charge is 2.11. The summed E-state index contributed by atoms with van der Waals surface area (Å²) in [6, 6.07) is 0. The molecule has 0 spiro atoms. The first-order valence-electron chi connectivity index (χ1n) is 2.88. The van der Waals surface area contributed by atoms with Gasteiger partial charge in [0.2, 0.25) is 0 Å². The molecule has 0 aromatic carbocycles. The molecular weight excluding hydrogens is 150 g/mol. The second-order valence-electron chi connectivity index (χ2n) is 1.77. The van der Waals surface area contributed by atoms with Crippen molar-refractivity contribution in [2.75, 3.05) is 0 Å². The van der Waals surface area contributed by atoms with Crippen LogP contribution < -0.4 is 5.48 Å². The number of hydrogen-bond acceptors (Lipinski definition) is 3. The van der Waals surface area contributed by atoms with Gasteiger partial charge < -0.3 is 5.11 Å².